The predicted octanol–water partition coefficient (Wildman–Crippen LogP) is 1.51. The first-order chi connectivity index (χ1) is 16.9. The Morgan fingerprint density at radius 1 is 1.23 bits per heavy atom. The minimum atomic E-state index is -0.510. The number of piperazine rings is 1. The number of nitrogens with zero attached hydrogens (tertiary/aromatic N) is 8. The second-order valence-electron chi connectivity index (χ2n) is 8.90. The van der Waals surface area contributed by atoms with E-state index in [1.54, 1.807) is 13.0 Å². The number of morpholine rings is 1. The zero-order chi connectivity index (χ0) is 24.5. The maximum Gasteiger partial charge on any atom is 0.228 e. The van der Waals surface area contributed by atoms with Gasteiger partial charge in [-0.1, -0.05) is 6.07 Å². The van der Waals surface area contributed by atoms with Crippen LogP contribution in [0.1, 0.15) is 34.2 Å². The van der Waals surface area contributed by atoms with Crippen LogP contribution in [-0.4, -0.2) is 79.7 Å². The molecule has 1 amide bonds. The summed E-state index contributed by atoms with van der Waals surface area (Å²) < 4.78 is 21.6. The summed E-state index contributed by atoms with van der Waals surface area (Å²) >= 11 is 0. The van der Waals surface area contributed by atoms with Crippen LogP contribution in [0.15, 0.2) is 30.6 Å². The third-order valence-electron chi connectivity index (χ3n) is 6.81. The Morgan fingerprint density at radius 3 is 2.83 bits per heavy atom. The number of nitriles is 1. The predicted molar refractivity (Wildman–Crippen MR) is 122 cm³/mol. The lowest BCUT2D eigenvalue weighted by atomic mass is 9.96. The molecule has 0 radical (unpaired) electrons. The lowest BCUT2D eigenvalue weighted by Crippen LogP contribution is -2.59. The molecule has 0 spiro atoms. The van der Waals surface area contributed by atoms with Gasteiger partial charge in [0.15, 0.2) is 0 Å². The van der Waals surface area contributed by atoms with Crippen molar-refractivity contribution in [2.45, 2.75) is 32.4 Å². The molecule has 3 aromatic rings. The van der Waals surface area contributed by atoms with Gasteiger partial charge in [-0.25, -0.2) is 4.39 Å². The van der Waals surface area contributed by atoms with Crippen LogP contribution in [0.2, 0.25) is 0 Å². The fourth-order valence-corrected chi connectivity index (χ4v) is 4.86. The van der Waals surface area contributed by atoms with Gasteiger partial charge in [0.2, 0.25) is 5.91 Å². The van der Waals surface area contributed by atoms with Crippen molar-refractivity contribution in [1.82, 2.24) is 35.0 Å². The first-order valence-electron chi connectivity index (χ1n) is 11.5. The van der Waals surface area contributed by atoms with E-state index in [4.69, 9.17) is 4.74 Å². The number of pyridine rings is 1. The van der Waals surface area contributed by atoms with Crippen molar-refractivity contribution < 1.29 is 13.9 Å². The molecular formula is C24H25FN8O2. The molecule has 10 nitrogen and oxygen atoms in total. The van der Waals surface area contributed by atoms with Crippen LogP contribution >= 0.6 is 0 Å². The molecule has 35 heavy (non-hydrogen) atoms. The monoisotopic (exact) mass is 476 g/mol. The molecule has 2 aliphatic heterocycles. The average Bonchev–Trinajstić information content (AvgIpc) is 3.38. The topological polar surface area (TPSA) is 113 Å². The van der Waals surface area contributed by atoms with Crippen molar-refractivity contribution in [3.63, 3.8) is 0 Å². The summed E-state index contributed by atoms with van der Waals surface area (Å²) in [6, 6.07) is 8.77. The smallest absolute Gasteiger partial charge is 0.228 e. The molecule has 2 unspecified atom stereocenters. The van der Waals surface area contributed by atoms with Crippen molar-refractivity contribution in [3.8, 4) is 11.8 Å². The van der Waals surface area contributed by atoms with E-state index < -0.39 is 5.82 Å². The Hall–Kier alpha value is -3.75. The lowest BCUT2D eigenvalue weighted by Gasteiger charge is -2.46. The van der Waals surface area contributed by atoms with Gasteiger partial charge in [-0.2, -0.15) is 9.94 Å². The summed E-state index contributed by atoms with van der Waals surface area (Å²) in [5.41, 5.74) is 3.75. The van der Waals surface area contributed by atoms with Crippen LogP contribution in [0, 0.1) is 31.0 Å². The Bertz CT molecular complexity index is 1290. The van der Waals surface area contributed by atoms with Crippen molar-refractivity contribution in [1.29, 1.82) is 5.26 Å². The summed E-state index contributed by atoms with van der Waals surface area (Å²) in [7, 11) is 0. The molecule has 11 heteroatoms. The van der Waals surface area contributed by atoms with Gasteiger partial charge in [-0.05, 0) is 53.6 Å². The number of ether oxygens (including phenoxy) is 1. The first kappa shape index (κ1) is 23.0. The molecule has 180 valence electrons. The Kier molecular flexibility index (Phi) is 6.23. The second-order valence-corrected chi connectivity index (χ2v) is 8.90. The van der Waals surface area contributed by atoms with E-state index in [0.29, 0.717) is 37.5 Å². The van der Waals surface area contributed by atoms with Crippen LogP contribution in [0.25, 0.3) is 5.69 Å². The van der Waals surface area contributed by atoms with E-state index in [0.717, 1.165) is 23.5 Å². The van der Waals surface area contributed by atoms with E-state index >= 15 is 0 Å². The number of carbonyl (C=O) groups is 1. The van der Waals surface area contributed by atoms with Gasteiger partial charge < -0.3 is 9.64 Å². The number of rotatable bonds is 4. The van der Waals surface area contributed by atoms with E-state index in [9.17, 15) is 14.4 Å². The third kappa shape index (κ3) is 4.50. The maximum atomic E-state index is 13.9. The highest BCUT2D eigenvalue weighted by Crippen LogP contribution is 2.31. The molecular weight excluding hydrogens is 451 g/mol. The fraction of sp³-hybridized carbons (Fsp3) is 0.417. The average molecular weight is 477 g/mol. The van der Waals surface area contributed by atoms with Gasteiger partial charge in [-0.3, -0.25) is 14.7 Å². The summed E-state index contributed by atoms with van der Waals surface area (Å²) in [6.45, 7) is 6.66. The molecule has 1 aromatic carbocycles. The number of fused-ring (bicyclic) bond motifs is 1. The van der Waals surface area contributed by atoms with Gasteiger partial charge in [0.05, 0.1) is 47.8 Å². The molecule has 5 rings (SSSR count). The number of carbonyl (C=O) groups excluding carboxylic acids is 1. The minimum absolute atomic E-state index is 0.0295. The molecule has 2 aromatic heterocycles. The molecule has 2 saturated heterocycles. The van der Waals surface area contributed by atoms with Crippen molar-refractivity contribution in [3.05, 3.63) is 64.5 Å². The molecule has 0 bridgehead atoms. The Balaban J connectivity index is 1.21. The zero-order valence-corrected chi connectivity index (χ0v) is 19.6. The highest BCUT2D eigenvalue weighted by Gasteiger charge is 2.36. The summed E-state index contributed by atoms with van der Waals surface area (Å²) in [6.07, 6.45) is 1.50. The van der Waals surface area contributed by atoms with Crippen LogP contribution in [0.4, 0.5) is 4.39 Å². The third-order valence-corrected chi connectivity index (χ3v) is 6.81. The van der Waals surface area contributed by atoms with Gasteiger partial charge in [-0.15, -0.1) is 5.10 Å². The number of benzene rings is 1. The number of aromatic nitrogens is 5. The number of tetrazole rings is 1. The summed E-state index contributed by atoms with van der Waals surface area (Å²) in [4.78, 5) is 21.8. The molecule has 0 saturated carbocycles. The normalized spacial score (nSPS) is 20.3. The maximum absolute atomic E-state index is 13.9. The van der Waals surface area contributed by atoms with E-state index in [1.807, 2.05) is 30.0 Å². The number of halogens is 1. The largest absolute Gasteiger partial charge is 0.370 e. The molecule has 2 atom stereocenters. The Morgan fingerprint density at radius 2 is 2.09 bits per heavy atom. The van der Waals surface area contributed by atoms with Crippen LogP contribution < -0.4 is 0 Å². The number of amides is 1. The quantitative estimate of drug-likeness (QED) is 0.557. The molecule has 2 aliphatic rings. The minimum Gasteiger partial charge on any atom is -0.370 e. The summed E-state index contributed by atoms with van der Waals surface area (Å²) in [5, 5.41) is 20.4. The van der Waals surface area contributed by atoms with Crippen molar-refractivity contribution in [2.24, 2.45) is 0 Å². The van der Waals surface area contributed by atoms with E-state index in [2.05, 4.69) is 25.4 Å². The van der Waals surface area contributed by atoms with Crippen molar-refractivity contribution in [2.75, 3.05) is 32.8 Å². The standard InChI is InChI=1S/C24H25FN8O2/c1-15-19(4-5-21(25)20(15)10-26)23-12-31-7-8-32(11-18(31)13-35-23)24(34)9-17-3-6-22(16(2)28-17)33-14-27-29-30-33/h3-6,14,18,23H,7-9,11-13H2,1-2H3. The van der Waals surface area contributed by atoms with E-state index in [1.165, 1.54) is 17.1 Å². The van der Waals surface area contributed by atoms with Gasteiger partial charge >= 0.3 is 0 Å². The highest BCUT2D eigenvalue weighted by molar-refractivity contribution is 5.78. The van der Waals surface area contributed by atoms with Gasteiger partial charge in [0.1, 0.15) is 18.2 Å². The lowest BCUT2D eigenvalue weighted by molar-refractivity contribution is -0.139. The second kappa shape index (κ2) is 9.48. The van der Waals surface area contributed by atoms with Crippen LogP contribution in [-0.2, 0) is 16.0 Å². The molecule has 4 heterocycles. The fourth-order valence-electron chi connectivity index (χ4n) is 4.86. The van der Waals surface area contributed by atoms with Crippen LogP contribution in [0.3, 0.4) is 0 Å². The summed E-state index contributed by atoms with van der Waals surface area (Å²) in [5.74, 6) is -0.480. The number of hydrogen-bond donors (Lipinski definition) is 0. The molecule has 0 aliphatic carbocycles. The SMILES string of the molecule is Cc1nc(CC(=O)N2CCN3CC(c4ccc(F)c(C#N)c4C)OCC3C2)ccc1-n1cnnn1. The van der Waals surface area contributed by atoms with Crippen LogP contribution in [0.5, 0.6) is 0 Å². The number of hydrogen-bond acceptors (Lipinski definition) is 8. The van der Waals surface area contributed by atoms with Gasteiger partial charge in [0.25, 0.3) is 0 Å². The van der Waals surface area contributed by atoms with Gasteiger partial charge in [0, 0.05) is 26.2 Å². The number of aryl methyl sites for hydroxylation is 1. The zero-order valence-electron chi connectivity index (χ0n) is 19.6. The Labute approximate surface area is 201 Å². The highest BCUT2D eigenvalue weighted by atomic mass is 19.1. The molecule has 0 N–H and O–H groups in total. The van der Waals surface area contributed by atoms with Crippen molar-refractivity contribution >= 4 is 5.91 Å². The molecule has 2 fully saturated rings. The van der Waals surface area contributed by atoms with E-state index in [-0.39, 0.29) is 30.0 Å². The first-order valence-corrected chi connectivity index (χ1v) is 11.5.